The van der Waals surface area contributed by atoms with Crippen molar-refractivity contribution < 1.29 is 9.53 Å². The molecular formula is C19H28N2O2S. The third kappa shape index (κ3) is 4.52. The number of anilines is 1. The van der Waals surface area contributed by atoms with E-state index in [-0.39, 0.29) is 18.1 Å². The molecule has 2 atom stereocenters. The van der Waals surface area contributed by atoms with Gasteiger partial charge < -0.3 is 15.8 Å². The van der Waals surface area contributed by atoms with Crippen LogP contribution in [0.2, 0.25) is 0 Å². The van der Waals surface area contributed by atoms with E-state index < -0.39 is 0 Å². The topological polar surface area (TPSA) is 64.4 Å². The van der Waals surface area contributed by atoms with E-state index in [1.165, 1.54) is 37.0 Å². The molecule has 3 rings (SSSR count). The highest BCUT2D eigenvalue weighted by atomic mass is 32.2. The molecule has 1 aliphatic carbocycles. The zero-order valence-electron chi connectivity index (χ0n) is 14.4. The van der Waals surface area contributed by atoms with Crippen LogP contribution in [0.5, 0.6) is 0 Å². The van der Waals surface area contributed by atoms with Crippen LogP contribution in [-0.4, -0.2) is 29.9 Å². The van der Waals surface area contributed by atoms with Gasteiger partial charge in [-0.2, -0.15) is 0 Å². The molecule has 4 nitrogen and oxygen atoms in total. The Labute approximate surface area is 148 Å². The standard InChI is InChI=1S/C19H28N2O2S/c1-13-11-16(24-15-5-3-2-4-6-15)8-9-17(13)21-19(22)18-10-7-14(12-20)23-18/h8-9,11,14-15,18H,2-7,10,12,20H2,1H3,(H,21,22)/t14-,18+/m1/s1. The third-order valence-electron chi connectivity index (χ3n) is 4.97. The van der Waals surface area contributed by atoms with Gasteiger partial charge >= 0.3 is 0 Å². The van der Waals surface area contributed by atoms with Gasteiger partial charge in [0.2, 0.25) is 0 Å². The first-order valence-corrected chi connectivity index (χ1v) is 9.97. The summed E-state index contributed by atoms with van der Waals surface area (Å²) in [5.74, 6) is -0.0540. The third-order valence-corrected chi connectivity index (χ3v) is 6.30. The van der Waals surface area contributed by atoms with Crippen LogP contribution in [0.3, 0.4) is 0 Å². The lowest BCUT2D eigenvalue weighted by Gasteiger charge is -2.21. The predicted octanol–water partition coefficient (Wildman–Crippen LogP) is 3.86. The van der Waals surface area contributed by atoms with Gasteiger partial charge in [-0.1, -0.05) is 19.3 Å². The van der Waals surface area contributed by atoms with Crippen LogP contribution in [0.1, 0.15) is 50.5 Å². The quantitative estimate of drug-likeness (QED) is 0.848. The minimum absolute atomic E-state index is 0.0242. The average molecular weight is 349 g/mol. The highest BCUT2D eigenvalue weighted by Gasteiger charge is 2.30. The summed E-state index contributed by atoms with van der Waals surface area (Å²) in [6.45, 7) is 2.54. The van der Waals surface area contributed by atoms with Gasteiger partial charge in [0, 0.05) is 22.4 Å². The molecule has 24 heavy (non-hydrogen) atoms. The number of rotatable bonds is 5. The molecule has 2 fully saturated rings. The fourth-order valence-corrected chi connectivity index (χ4v) is 4.86. The number of carbonyl (C=O) groups is 1. The van der Waals surface area contributed by atoms with E-state index in [1.54, 1.807) is 0 Å². The van der Waals surface area contributed by atoms with Crippen molar-refractivity contribution in [2.24, 2.45) is 5.73 Å². The van der Waals surface area contributed by atoms with Gasteiger partial charge in [0.25, 0.3) is 5.91 Å². The summed E-state index contributed by atoms with van der Waals surface area (Å²) in [6.07, 6.45) is 8.02. The van der Waals surface area contributed by atoms with Crippen molar-refractivity contribution in [3.8, 4) is 0 Å². The summed E-state index contributed by atoms with van der Waals surface area (Å²) in [7, 11) is 0. The molecule has 0 unspecified atom stereocenters. The smallest absolute Gasteiger partial charge is 0.253 e. The number of hydrogen-bond acceptors (Lipinski definition) is 4. The van der Waals surface area contributed by atoms with E-state index in [1.807, 2.05) is 17.8 Å². The zero-order valence-corrected chi connectivity index (χ0v) is 15.2. The second-order valence-corrected chi connectivity index (χ2v) is 8.28. The Bertz CT molecular complexity index is 572. The molecule has 0 aromatic heterocycles. The lowest BCUT2D eigenvalue weighted by molar-refractivity contribution is -0.126. The lowest BCUT2D eigenvalue weighted by Crippen LogP contribution is -2.30. The maximum Gasteiger partial charge on any atom is 0.253 e. The second-order valence-electron chi connectivity index (χ2n) is 6.90. The van der Waals surface area contributed by atoms with Gasteiger partial charge in [0.05, 0.1) is 6.10 Å². The van der Waals surface area contributed by atoms with Crippen LogP contribution in [-0.2, 0) is 9.53 Å². The van der Waals surface area contributed by atoms with E-state index in [0.717, 1.165) is 29.3 Å². The average Bonchev–Trinajstić information content (AvgIpc) is 3.07. The Hall–Kier alpha value is -1.04. The summed E-state index contributed by atoms with van der Waals surface area (Å²) in [5.41, 5.74) is 7.60. The van der Waals surface area contributed by atoms with Gasteiger partial charge in [-0.25, -0.2) is 0 Å². The number of carbonyl (C=O) groups excluding carboxylic acids is 1. The molecule has 0 bridgehead atoms. The molecular weight excluding hydrogens is 320 g/mol. The zero-order chi connectivity index (χ0) is 16.9. The largest absolute Gasteiger partial charge is 0.364 e. The molecule has 1 aromatic carbocycles. The molecule has 1 saturated heterocycles. The fraction of sp³-hybridized carbons (Fsp3) is 0.632. The van der Waals surface area contributed by atoms with Gasteiger partial charge in [0.1, 0.15) is 6.10 Å². The number of aryl methyl sites for hydroxylation is 1. The molecule has 1 aliphatic heterocycles. The van der Waals surface area contributed by atoms with Gasteiger partial charge in [-0.3, -0.25) is 4.79 Å². The van der Waals surface area contributed by atoms with Crippen molar-refractivity contribution in [1.82, 2.24) is 0 Å². The molecule has 0 spiro atoms. The molecule has 1 aromatic rings. The minimum Gasteiger partial charge on any atom is -0.364 e. The van der Waals surface area contributed by atoms with E-state index in [0.29, 0.717) is 6.54 Å². The Morgan fingerprint density at radius 3 is 2.71 bits per heavy atom. The number of amides is 1. The predicted molar refractivity (Wildman–Crippen MR) is 99.5 cm³/mol. The molecule has 132 valence electrons. The number of ether oxygens (including phenoxy) is 1. The highest BCUT2D eigenvalue weighted by molar-refractivity contribution is 8.00. The van der Waals surface area contributed by atoms with Crippen LogP contribution in [0, 0.1) is 6.92 Å². The minimum atomic E-state index is -0.366. The van der Waals surface area contributed by atoms with E-state index in [4.69, 9.17) is 10.5 Å². The van der Waals surface area contributed by atoms with Gasteiger partial charge in [-0.05, 0) is 56.4 Å². The Kier molecular flexibility index (Phi) is 6.19. The van der Waals surface area contributed by atoms with E-state index >= 15 is 0 Å². The lowest BCUT2D eigenvalue weighted by atomic mass is 10.0. The molecule has 1 saturated carbocycles. The Morgan fingerprint density at radius 2 is 2.04 bits per heavy atom. The van der Waals surface area contributed by atoms with Crippen molar-refractivity contribution >= 4 is 23.4 Å². The monoisotopic (exact) mass is 348 g/mol. The van der Waals surface area contributed by atoms with Crippen molar-refractivity contribution in [2.75, 3.05) is 11.9 Å². The number of nitrogens with one attached hydrogen (secondary N) is 1. The van der Waals surface area contributed by atoms with Crippen molar-refractivity contribution in [3.63, 3.8) is 0 Å². The maximum absolute atomic E-state index is 12.3. The van der Waals surface area contributed by atoms with E-state index in [2.05, 4.69) is 24.4 Å². The first-order valence-electron chi connectivity index (χ1n) is 9.09. The molecule has 0 radical (unpaired) electrons. The summed E-state index contributed by atoms with van der Waals surface area (Å²) in [4.78, 5) is 13.7. The number of hydrogen-bond donors (Lipinski definition) is 2. The first-order chi connectivity index (χ1) is 11.7. The molecule has 3 N–H and O–H groups in total. The Morgan fingerprint density at radius 1 is 1.25 bits per heavy atom. The number of nitrogens with two attached hydrogens (primary N) is 1. The normalized spacial score (nSPS) is 24.9. The first kappa shape index (κ1) is 17.8. The number of thioether (sulfide) groups is 1. The SMILES string of the molecule is Cc1cc(SC2CCCCC2)ccc1NC(=O)[C@@H]1CC[C@H](CN)O1. The second kappa shape index (κ2) is 8.37. The van der Waals surface area contributed by atoms with Gasteiger partial charge in [0.15, 0.2) is 0 Å². The summed E-state index contributed by atoms with van der Waals surface area (Å²) < 4.78 is 5.67. The van der Waals surface area contributed by atoms with Gasteiger partial charge in [-0.15, -0.1) is 11.8 Å². The fourth-order valence-electron chi connectivity index (χ4n) is 3.51. The van der Waals surface area contributed by atoms with Crippen LogP contribution in [0.25, 0.3) is 0 Å². The van der Waals surface area contributed by atoms with Crippen molar-refractivity contribution in [2.45, 2.75) is 74.2 Å². The molecule has 5 heteroatoms. The van der Waals surface area contributed by atoms with Crippen molar-refractivity contribution in [3.05, 3.63) is 23.8 Å². The number of benzene rings is 1. The Balaban J connectivity index is 1.57. The molecule has 2 aliphatic rings. The van der Waals surface area contributed by atoms with Crippen LogP contribution >= 0.6 is 11.8 Å². The summed E-state index contributed by atoms with van der Waals surface area (Å²) in [6, 6.07) is 6.33. The van der Waals surface area contributed by atoms with Crippen LogP contribution in [0.4, 0.5) is 5.69 Å². The summed E-state index contributed by atoms with van der Waals surface area (Å²) in [5, 5.41) is 3.76. The summed E-state index contributed by atoms with van der Waals surface area (Å²) >= 11 is 1.98. The van der Waals surface area contributed by atoms with Crippen LogP contribution in [0.15, 0.2) is 23.1 Å². The van der Waals surface area contributed by atoms with Crippen molar-refractivity contribution in [1.29, 1.82) is 0 Å². The van der Waals surface area contributed by atoms with E-state index in [9.17, 15) is 4.79 Å². The maximum atomic E-state index is 12.3. The van der Waals surface area contributed by atoms with Crippen LogP contribution < -0.4 is 11.1 Å². The molecule has 1 amide bonds. The highest BCUT2D eigenvalue weighted by Crippen LogP contribution is 2.35. The molecule has 1 heterocycles.